The summed E-state index contributed by atoms with van der Waals surface area (Å²) in [5, 5.41) is 12.5. The highest BCUT2D eigenvalue weighted by molar-refractivity contribution is 7.99. The van der Waals surface area contributed by atoms with Crippen LogP contribution in [-0.2, 0) is 4.79 Å². The SMILES string of the molecule is CNC(C)(CCCCSc1nccc(=O)[nH]1)C(=O)O. The van der Waals surface area contributed by atoms with Gasteiger partial charge in [-0.3, -0.25) is 9.59 Å². The molecule has 1 atom stereocenters. The molecule has 0 spiro atoms. The summed E-state index contributed by atoms with van der Waals surface area (Å²) >= 11 is 1.47. The maximum absolute atomic E-state index is 11.1. The van der Waals surface area contributed by atoms with Crippen molar-refractivity contribution in [1.82, 2.24) is 15.3 Å². The van der Waals surface area contributed by atoms with E-state index in [-0.39, 0.29) is 5.56 Å². The first-order chi connectivity index (χ1) is 8.98. The van der Waals surface area contributed by atoms with Crippen LogP contribution in [0.3, 0.4) is 0 Å². The number of aliphatic carboxylic acids is 1. The van der Waals surface area contributed by atoms with Gasteiger partial charge in [0.05, 0.1) is 0 Å². The van der Waals surface area contributed by atoms with E-state index < -0.39 is 11.5 Å². The lowest BCUT2D eigenvalue weighted by Gasteiger charge is -2.23. The Bertz CT molecular complexity index is 477. The molecule has 0 saturated carbocycles. The van der Waals surface area contributed by atoms with Crippen LogP contribution in [0.25, 0.3) is 0 Å². The summed E-state index contributed by atoms with van der Waals surface area (Å²) < 4.78 is 0. The third-order valence-electron chi connectivity index (χ3n) is 2.98. The zero-order chi connectivity index (χ0) is 14.3. The number of hydrogen-bond donors (Lipinski definition) is 3. The summed E-state index contributed by atoms with van der Waals surface area (Å²) in [4.78, 5) is 28.8. The third-order valence-corrected chi connectivity index (χ3v) is 3.96. The number of carbonyl (C=O) groups is 1. The lowest BCUT2D eigenvalue weighted by atomic mass is 9.95. The van der Waals surface area contributed by atoms with E-state index in [9.17, 15) is 9.59 Å². The number of aromatic amines is 1. The zero-order valence-corrected chi connectivity index (χ0v) is 11.9. The van der Waals surface area contributed by atoms with Gasteiger partial charge in [-0.25, -0.2) is 4.98 Å². The molecule has 1 aromatic heterocycles. The monoisotopic (exact) mass is 285 g/mol. The number of rotatable bonds is 8. The van der Waals surface area contributed by atoms with Crippen molar-refractivity contribution in [2.24, 2.45) is 0 Å². The molecule has 0 radical (unpaired) electrons. The second-order valence-corrected chi connectivity index (χ2v) is 5.52. The predicted molar refractivity (Wildman–Crippen MR) is 74.5 cm³/mol. The van der Waals surface area contributed by atoms with Gasteiger partial charge < -0.3 is 15.4 Å². The second kappa shape index (κ2) is 7.30. The summed E-state index contributed by atoms with van der Waals surface area (Å²) in [6.45, 7) is 1.68. The van der Waals surface area contributed by atoms with Crippen molar-refractivity contribution < 1.29 is 9.90 Å². The van der Waals surface area contributed by atoms with Crippen molar-refractivity contribution in [1.29, 1.82) is 0 Å². The highest BCUT2D eigenvalue weighted by Gasteiger charge is 2.29. The Labute approximate surface area is 116 Å². The first kappa shape index (κ1) is 15.7. The number of hydrogen-bond acceptors (Lipinski definition) is 5. The first-order valence-electron chi connectivity index (χ1n) is 6.08. The second-order valence-electron chi connectivity index (χ2n) is 4.43. The Morgan fingerprint density at radius 1 is 1.58 bits per heavy atom. The number of nitrogens with zero attached hydrogens (tertiary/aromatic N) is 1. The minimum atomic E-state index is -0.871. The molecule has 1 unspecified atom stereocenters. The quantitative estimate of drug-likeness (QED) is 0.376. The molecule has 7 heteroatoms. The van der Waals surface area contributed by atoms with Crippen molar-refractivity contribution in [3.8, 4) is 0 Å². The molecule has 0 saturated heterocycles. The average molecular weight is 285 g/mol. The fraction of sp³-hybridized carbons (Fsp3) is 0.583. The zero-order valence-electron chi connectivity index (χ0n) is 11.1. The molecule has 0 aliphatic carbocycles. The van der Waals surface area contributed by atoms with Gasteiger partial charge in [-0.1, -0.05) is 18.2 Å². The highest BCUT2D eigenvalue weighted by Crippen LogP contribution is 2.17. The number of unbranched alkanes of at least 4 members (excludes halogenated alkanes) is 1. The number of H-pyrrole nitrogens is 1. The van der Waals surface area contributed by atoms with Crippen LogP contribution < -0.4 is 10.9 Å². The van der Waals surface area contributed by atoms with E-state index in [1.165, 1.54) is 24.0 Å². The predicted octanol–water partition coefficient (Wildman–Crippen LogP) is 1.09. The molecule has 0 aliphatic rings. The molecule has 1 heterocycles. The van der Waals surface area contributed by atoms with Crippen LogP contribution >= 0.6 is 11.8 Å². The van der Waals surface area contributed by atoms with Gasteiger partial charge in [0, 0.05) is 18.0 Å². The summed E-state index contributed by atoms with van der Waals surface area (Å²) in [6.07, 6.45) is 3.71. The average Bonchev–Trinajstić information content (AvgIpc) is 2.38. The normalized spacial score (nSPS) is 14.0. The van der Waals surface area contributed by atoms with Crippen LogP contribution in [0, 0.1) is 0 Å². The molecular weight excluding hydrogens is 266 g/mol. The van der Waals surface area contributed by atoms with Gasteiger partial charge in [0.1, 0.15) is 5.54 Å². The molecule has 0 amide bonds. The molecule has 1 aromatic rings. The van der Waals surface area contributed by atoms with Gasteiger partial charge in [-0.05, 0) is 26.8 Å². The van der Waals surface area contributed by atoms with E-state index >= 15 is 0 Å². The Kier molecular flexibility index (Phi) is 6.04. The molecule has 106 valence electrons. The summed E-state index contributed by atoms with van der Waals surface area (Å²) in [5.41, 5.74) is -1.03. The largest absolute Gasteiger partial charge is 0.480 e. The van der Waals surface area contributed by atoms with E-state index in [2.05, 4.69) is 15.3 Å². The van der Waals surface area contributed by atoms with Crippen LogP contribution in [0.4, 0.5) is 0 Å². The molecule has 0 aromatic carbocycles. The molecular formula is C12H19N3O3S. The van der Waals surface area contributed by atoms with E-state index in [1.54, 1.807) is 14.0 Å². The van der Waals surface area contributed by atoms with E-state index in [1.807, 2.05) is 0 Å². The number of aromatic nitrogens is 2. The van der Waals surface area contributed by atoms with Crippen molar-refractivity contribution in [2.75, 3.05) is 12.8 Å². The lowest BCUT2D eigenvalue weighted by Crippen LogP contribution is -2.47. The summed E-state index contributed by atoms with van der Waals surface area (Å²) in [7, 11) is 1.65. The van der Waals surface area contributed by atoms with Crippen LogP contribution in [0.15, 0.2) is 22.2 Å². The van der Waals surface area contributed by atoms with E-state index in [4.69, 9.17) is 5.11 Å². The van der Waals surface area contributed by atoms with Crippen molar-refractivity contribution >= 4 is 17.7 Å². The van der Waals surface area contributed by atoms with Gasteiger partial charge in [-0.2, -0.15) is 0 Å². The number of thioether (sulfide) groups is 1. The van der Waals surface area contributed by atoms with Gasteiger partial charge in [0.25, 0.3) is 5.56 Å². The fourth-order valence-corrected chi connectivity index (χ4v) is 2.36. The number of likely N-dealkylation sites (N-methyl/N-ethyl adjacent to an activating group) is 1. The first-order valence-corrected chi connectivity index (χ1v) is 7.07. The fourth-order valence-electron chi connectivity index (χ4n) is 1.51. The maximum Gasteiger partial charge on any atom is 0.323 e. The Hall–Kier alpha value is -1.34. The van der Waals surface area contributed by atoms with Crippen LogP contribution in [0.2, 0.25) is 0 Å². The summed E-state index contributed by atoms with van der Waals surface area (Å²) in [6, 6.07) is 1.37. The smallest absolute Gasteiger partial charge is 0.323 e. The number of carboxylic acid groups (broad SMARTS) is 1. The third kappa shape index (κ3) is 5.04. The molecule has 19 heavy (non-hydrogen) atoms. The van der Waals surface area contributed by atoms with Crippen molar-refractivity contribution in [2.45, 2.75) is 36.9 Å². The van der Waals surface area contributed by atoms with E-state index in [0.29, 0.717) is 11.6 Å². The van der Waals surface area contributed by atoms with Crippen LogP contribution in [0.1, 0.15) is 26.2 Å². The molecule has 1 rings (SSSR count). The Morgan fingerprint density at radius 3 is 2.89 bits per heavy atom. The minimum absolute atomic E-state index is 0.161. The molecule has 3 N–H and O–H groups in total. The molecule has 0 bridgehead atoms. The Morgan fingerprint density at radius 2 is 2.32 bits per heavy atom. The van der Waals surface area contributed by atoms with Gasteiger partial charge >= 0.3 is 5.97 Å². The van der Waals surface area contributed by atoms with Gasteiger partial charge in [0.15, 0.2) is 5.16 Å². The van der Waals surface area contributed by atoms with Gasteiger partial charge in [-0.15, -0.1) is 0 Å². The number of carboxylic acids is 1. The van der Waals surface area contributed by atoms with Crippen LogP contribution in [-0.4, -0.2) is 39.4 Å². The maximum atomic E-state index is 11.1. The van der Waals surface area contributed by atoms with Crippen LogP contribution in [0.5, 0.6) is 0 Å². The summed E-state index contributed by atoms with van der Waals surface area (Å²) in [5.74, 6) is -0.0384. The topological polar surface area (TPSA) is 95.1 Å². The van der Waals surface area contributed by atoms with E-state index in [0.717, 1.165) is 18.6 Å². The molecule has 0 aliphatic heterocycles. The number of nitrogens with one attached hydrogen (secondary N) is 2. The minimum Gasteiger partial charge on any atom is -0.480 e. The molecule has 6 nitrogen and oxygen atoms in total. The standard InChI is InChI=1S/C12H19N3O3S/c1-12(13-2,10(17)18)6-3-4-8-19-11-14-7-5-9(16)15-11/h5,7,13H,3-4,6,8H2,1-2H3,(H,17,18)(H,14,15,16). The highest BCUT2D eigenvalue weighted by atomic mass is 32.2. The van der Waals surface area contributed by atoms with Gasteiger partial charge in [0.2, 0.25) is 0 Å². The van der Waals surface area contributed by atoms with Crippen molar-refractivity contribution in [3.63, 3.8) is 0 Å². The Balaban J connectivity index is 2.28. The lowest BCUT2D eigenvalue weighted by molar-refractivity contribution is -0.144. The molecule has 0 fully saturated rings. The van der Waals surface area contributed by atoms with Crippen molar-refractivity contribution in [3.05, 3.63) is 22.6 Å².